The van der Waals surface area contributed by atoms with Crippen LogP contribution in [0, 0.1) is 6.92 Å². The lowest BCUT2D eigenvalue weighted by molar-refractivity contribution is -0.115. The molecule has 0 aromatic heterocycles. The summed E-state index contributed by atoms with van der Waals surface area (Å²) in [4.78, 5) is 11.3. The van der Waals surface area contributed by atoms with Crippen molar-refractivity contribution in [3.05, 3.63) is 34.9 Å². The Labute approximate surface area is 101 Å². The van der Waals surface area contributed by atoms with Gasteiger partial charge in [-0.15, -0.1) is 0 Å². The van der Waals surface area contributed by atoms with Crippen molar-refractivity contribution in [2.45, 2.75) is 18.7 Å². The number of aryl methyl sites for hydroxylation is 1. The highest BCUT2D eigenvalue weighted by Crippen LogP contribution is 2.16. The smallest absolute Gasteiger partial charge is 0.147 e. The van der Waals surface area contributed by atoms with Gasteiger partial charge in [-0.1, -0.05) is 55.6 Å². The van der Waals surface area contributed by atoms with Crippen LogP contribution in [0.5, 0.6) is 0 Å². The molecule has 3 heteroatoms. The van der Waals surface area contributed by atoms with Crippen molar-refractivity contribution in [3.63, 3.8) is 0 Å². The Morgan fingerprint density at radius 2 is 2.00 bits per heavy atom. The van der Waals surface area contributed by atoms with E-state index >= 15 is 0 Å². The van der Waals surface area contributed by atoms with Gasteiger partial charge >= 0.3 is 0 Å². The Morgan fingerprint density at radius 1 is 1.29 bits per heavy atom. The molecule has 0 unspecified atom stereocenters. The van der Waals surface area contributed by atoms with Crippen molar-refractivity contribution in [2.75, 3.05) is 5.33 Å². The first-order chi connectivity index (χ1) is 6.67. The molecule has 0 radical (unpaired) electrons. The lowest BCUT2D eigenvalue weighted by atomic mass is 10.0. The molecule has 0 spiro atoms. The van der Waals surface area contributed by atoms with E-state index in [1.807, 2.05) is 12.1 Å². The van der Waals surface area contributed by atoms with Crippen LogP contribution >= 0.6 is 31.9 Å². The van der Waals surface area contributed by atoms with E-state index in [0.29, 0.717) is 11.8 Å². The molecule has 1 aromatic rings. The van der Waals surface area contributed by atoms with E-state index in [4.69, 9.17) is 0 Å². The predicted molar refractivity (Wildman–Crippen MR) is 66.3 cm³/mol. The summed E-state index contributed by atoms with van der Waals surface area (Å²) in [5.74, 6) is 0.219. The van der Waals surface area contributed by atoms with Crippen LogP contribution in [0.15, 0.2) is 18.2 Å². The average molecular weight is 320 g/mol. The fourth-order valence-corrected chi connectivity index (χ4v) is 2.03. The third kappa shape index (κ3) is 3.21. The number of ketones is 1. The highest BCUT2D eigenvalue weighted by atomic mass is 79.9. The van der Waals surface area contributed by atoms with Crippen molar-refractivity contribution in [2.24, 2.45) is 0 Å². The largest absolute Gasteiger partial charge is 0.298 e. The number of hydrogen-bond acceptors (Lipinski definition) is 1. The molecular weight excluding hydrogens is 308 g/mol. The number of carbonyl (C=O) groups excluding carboxylic acids is 1. The fourth-order valence-electron chi connectivity index (χ4n) is 1.31. The van der Waals surface area contributed by atoms with Crippen molar-refractivity contribution in [1.29, 1.82) is 0 Å². The van der Waals surface area contributed by atoms with Crippen molar-refractivity contribution < 1.29 is 4.79 Å². The van der Waals surface area contributed by atoms with Gasteiger partial charge in [-0.25, -0.2) is 0 Å². The van der Waals surface area contributed by atoms with Gasteiger partial charge in [0.05, 0.1) is 5.33 Å². The standard InChI is InChI=1S/C11H12Br2O/c1-8-2-3-9(5-11(14)7-13)10(4-8)6-12/h2-4H,5-7H2,1H3. The van der Waals surface area contributed by atoms with E-state index in [1.54, 1.807) is 0 Å². The summed E-state index contributed by atoms with van der Waals surface area (Å²) in [7, 11) is 0. The van der Waals surface area contributed by atoms with Crippen LogP contribution < -0.4 is 0 Å². The first-order valence-electron chi connectivity index (χ1n) is 4.39. The average Bonchev–Trinajstić information content (AvgIpc) is 2.20. The van der Waals surface area contributed by atoms with Gasteiger partial charge in [0.25, 0.3) is 0 Å². The minimum atomic E-state index is 0.219. The summed E-state index contributed by atoms with van der Waals surface area (Å²) in [5, 5.41) is 1.24. The zero-order chi connectivity index (χ0) is 10.6. The Bertz CT molecular complexity index is 334. The molecule has 0 bridgehead atoms. The highest BCUT2D eigenvalue weighted by Gasteiger charge is 2.06. The molecule has 0 saturated heterocycles. The van der Waals surface area contributed by atoms with E-state index in [2.05, 4.69) is 44.8 Å². The van der Waals surface area contributed by atoms with E-state index in [9.17, 15) is 4.79 Å². The van der Waals surface area contributed by atoms with Crippen LogP contribution in [0.4, 0.5) is 0 Å². The molecule has 1 rings (SSSR count). The lowest BCUT2D eigenvalue weighted by Gasteiger charge is -2.06. The van der Waals surface area contributed by atoms with Crippen LogP contribution in [0.1, 0.15) is 16.7 Å². The summed E-state index contributed by atoms with van der Waals surface area (Å²) < 4.78 is 0. The molecule has 0 aliphatic heterocycles. The monoisotopic (exact) mass is 318 g/mol. The topological polar surface area (TPSA) is 17.1 Å². The third-order valence-electron chi connectivity index (χ3n) is 2.04. The van der Waals surface area contributed by atoms with Gasteiger partial charge in [0, 0.05) is 11.8 Å². The maximum Gasteiger partial charge on any atom is 0.147 e. The van der Waals surface area contributed by atoms with E-state index in [1.165, 1.54) is 11.1 Å². The van der Waals surface area contributed by atoms with Gasteiger partial charge < -0.3 is 0 Å². The number of benzene rings is 1. The molecule has 0 atom stereocenters. The zero-order valence-corrected chi connectivity index (χ0v) is 11.2. The van der Waals surface area contributed by atoms with E-state index in [0.717, 1.165) is 10.9 Å². The molecule has 0 fully saturated rings. The Hall–Kier alpha value is -0.150. The molecule has 1 aromatic carbocycles. The van der Waals surface area contributed by atoms with Crippen LogP contribution in [-0.2, 0) is 16.5 Å². The Balaban J connectivity index is 2.90. The third-order valence-corrected chi connectivity index (χ3v) is 3.27. The quantitative estimate of drug-likeness (QED) is 0.777. The summed E-state index contributed by atoms with van der Waals surface area (Å²) >= 11 is 6.60. The van der Waals surface area contributed by atoms with Gasteiger partial charge in [-0.2, -0.15) is 0 Å². The van der Waals surface area contributed by atoms with Gasteiger partial charge in [-0.3, -0.25) is 4.79 Å². The normalized spacial score (nSPS) is 10.2. The minimum absolute atomic E-state index is 0.219. The highest BCUT2D eigenvalue weighted by molar-refractivity contribution is 9.09. The first kappa shape index (κ1) is 11.9. The number of rotatable bonds is 4. The molecule has 76 valence electrons. The molecule has 1 nitrogen and oxygen atoms in total. The number of carbonyl (C=O) groups is 1. The summed E-state index contributed by atoms with van der Waals surface area (Å²) in [6.45, 7) is 2.06. The summed E-state index contributed by atoms with van der Waals surface area (Å²) in [6, 6.07) is 6.20. The number of halogens is 2. The zero-order valence-electron chi connectivity index (χ0n) is 8.02. The van der Waals surface area contributed by atoms with E-state index < -0.39 is 0 Å². The van der Waals surface area contributed by atoms with Crippen molar-refractivity contribution >= 4 is 37.6 Å². The maximum absolute atomic E-state index is 11.3. The van der Waals surface area contributed by atoms with Crippen LogP contribution in [0.3, 0.4) is 0 Å². The molecule has 0 aliphatic carbocycles. The van der Waals surface area contributed by atoms with Gasteiger partial charge in [0.15, 0.2) is 0 Å². The predicted octanol–water partition coefficient (Wildman–Crippen LogP) is 3.40. The number of alkyl halides is 2. The van der Waals surface area contributed by atoms with Gasteiger partial charge in [-0.05, 0) is 18.1 Å². The van der Waals surface area contributed by atoms with Crippen LogP contribution in [0.25, 0.3) is 0 Å². The van der Waals surface area contributed by atoms with Crippen LogP contribution in [0.2, 0.25) is 0 Å². The SMILES string of the molecule is Cc1ccc(CC(=O)CBr)c(CBr)c1. The fraction of sp³-hybridized carbons (Fsp3) is 0.364. The Morgan fingerprint density at radius 3 is 2.57 bits per heavy atom. The van der Waals surface area contributed by atoms with E-state index in [-0.39, 0.29) is 5.78 Å². The lowest BCUT2D eigenvalue weighted by Crippen LogP contribution is -2.05. The van der Waals surface area contributed by atoms with Crippen molar-refractivity contribution in [1.82, 2.24) is 0 Å². The molecule has 0 N–H and O–H groups in total. The Kier molecular flexibility index (Phi) is 4.82. The molecule has 0 saturated carbocycles. The summed E-state index contributed by atoms with van der Waals surface area (Å²) in [5.41, 5.74) is 3.56. The van der Waals surface area contributed by atoms with Crippen LogP contribution in [-0.4, -0.2) is 11.1 Å². The second-order valence-corrected chi connectivity index (χ2v) is 4.38. The second kappa shape index (κ2) is 5.66. The summed E-state index contributed by atoms with van der Waals surface area (Å²) in [6.07, 6.45) is 0.520. The van der Waals surface area contributed by atoms with Gasteiger partial charge in [0.1, 0.15) is 5.78 Å². The van der Waals surface area contributed by atoms with Gasteiger partial charge in [0.2, 0.25) is 0 Å². The molecule has 0 aliphatic rings. The minimum Gasteiger partial charge on any atom is -0.298 e. The maximum atomic E-state index is 11.3. The number of hydrogen-bond donors (Lipinski definition) is 0. The molecule has 0 amide bonds. The number of Topliss-reactive ketones (excluding diaryl/α,β-unsaturated/α-hetero) is 1. The molecule has 0 heterocycles. The molecule has 14 heavy (non-hydrogen) atoms. The first-order valence-corrected chi connectivity index (χ1v) is 6.63. The second-order valence-electron chi connectivity index (χ2n) is 3.25. The van der Waals surface area contributed by atoms with Crippen molar-refractivity contribution in [3.8, 4) is 0 Å². The molecular formula is C11H12Br2O.